The van der Waals surface area contributed by atoms with Crippen molar-refractivity contribution in [3.63, 3.8) is 0 Å². The lowest BCUT2D eigenvalue weighted by molar-refractivity contribution is -0.148. The Kier molecular flexibility index (Phi) is 6.19. The van der Waals surface area contributed by atoms with Gasteiger partial charge < -0.3 is 19.4 Å². The van der Waals surface area contributed by atoms with Gasteiger partial charge in [-0.1, -0.05) is 20.8 Å². The number of anilines is 1. The summed E-state index contributed by atoms with van der Waals surface area (Å²) in [5, 5.41) is 0. The van der Waals surface area contributed by atoms with Crippen molar-refractivity contribution >= 4 is 17.8 Å². The van der Waals surface area contributed by atoms with Gasteiger partial charge in [0.15, 0.2) is 0 Å². The molecule has 3 aliphatic rings. The van der Waals surface area contributed by atoms with Crippen LogP contribution in [0.25, 0.3) is 0 Å². The Morgan fingerprint density at radius 1 is 1.10 bits per heavy atom. The van der Waals surface area contributed by atoms with Crippen molar-refractivity contribution in [1.82, 2.24) is 19.8 Å². The van der Waals surface area contributed by atoms with Crippen molar-refractivity contribution in [1.29, 1.82) is 0 Å². The number of aromatic nitrogens is 2. The van der Waals surface area contributed by atoms with Gasteiger partial charge in [0.2, 0.25) is 17.8 Å². The molecule has 0 spiro atoms. The minimum Gasteiger partial charge on any atom is -0.378 e. The number of carbonyl (C=O) groups is 2. The molecule has 0 aliphatic carbocycles. The lowest BCUT2D eigenvalue weighted by atomic mass is 9.73. The Hall–Kier alpha value is -2.22. The first kappa shape index (κ1) is 22.0. The Labute approximate surface area is 185 Å². The Morgan fingerprint density at radius 2 is 1.81 bits per heavy atom. The van der Waals surface area contributed by atoms with E-state index in [1.165, 1.54) is 0 Å². The van der Waals surface area contributed by atoms with E-state index < -0.39 is 5.41 Å². The van der Waals surface area contributed by atoms with E-state index in [9.17, 15) is 9.59 Å². The maximum absolute atomic E-state index is 13.9. The molecule has 1 aromatic rings. The van der Waals surface area contributed by atoms with Crippen molar-refractivity contribution in [2.75, 3.05) is 57.4 Å². The summed E-state index contributed by atoms with van der Waals surface area (Å²) in [6, 6.07) is 1.80. The minimum atomic E-state index is -0.507. The molecular formula is C23H35N5O3. The van der Waals surface area contributed by atoms with Gasteiger partial charge in [0.05, 0.1) is 18.6 Å². The first-order valence-electron chi connectivity index (χ1n) is 11.5. The molecule has 0 unspecified atom stereocenters. The summed E-state index contributed by atoms with van der Waals surface area (Å²) in [4.78, 5) is 41.9. The van der Waals surface area contributed by atoms with Crippen LogP contribution < -0.4 is 4.90 Å². The van der Waals surface area contributed by atoms with Gasteiger partial charge in [0.25, 0.3) is 0 Å². The second kappa shape index (κ2) is 8.73. The average Bonchev–Trinajstić information content (AvgIpc) is 3.02. The second-order valence-electron chi connectivity index (χ2n) is 10.4. The molecule has 1 aromatic heterocycles. The summed E-state index contributed by atoms with van der Waals surface area (Å²) < 4.78 is 5.48. The molecular weight excluding hydrogens is 394 g/mol. The molecule has 4 rings (SSSR count). The van der Waals surface area contributed by atoms with Crippen LogP contribution in [0.2, 0.25) is 0 Å². The van der Waals surface area contributed by atoms with Crippen LogP contribution in [0, 0.1) is 16.7 Å². The van der Waals surface area contributed by atoms with Gasteiger partial charge in [0.1, 0.15) is 0 Å². The minimum absolute atomic E-state index is 0.0519. The zero-order chi connectivity index (χ0) is 22.1. The SMILES string of the molecule is CC(C)(C)CC(=O)N1CCC[C@@]2(C(=O)N3CCOCC3)CN(c3ncccn3)C[C@H]2C1. The van der Waals surface area contributed by atoms with E-state index in [0.29, 0.717) is 58.3 Å². The quantitative estimate of drug-likeness (QED) is 0.729. The number of hydrogen-bond acceptors (Lipinski definition) is 6. The van der Waals surface area contributed by atoms with E-state index in [-0.39, 0.29) is 23.1 Å². The highest BCUT2D eigenvalue weighted by atomic mass is 16.5. The second-order valence-corrected chi connectivity index (χ2v) is 10.4. The van der Waals surface area contributed by atoms with Crippen LogP contribution in [0.4, 0.5) is 5.95 Å². The zero-order valence-corrected chi connectivity index (χ0v) is 19.0. The van der Waals surface area contributed by atoms with Gasteiger partial charge >= 0.3 is 0 Å². The molecule has 2 amide bonds. The van der Waals surface area contributed by atoms with Crippen LogP contribution in [-0.4, -0.2) is 84.1 Å². The third-order valence-electron chi connectivity index (χ3n) is 6.78. The third-order valence-corrected chi connectivity index (χ3v) is 6.78. The molecule has 31 heavy (non-hydrogen) atoms. The van der Waals surface area contributed by atoms with Crippen LogP contribution >= 0.6 is 0 Å². The molecule has 2 atom stereocenters. The topological polar surface area (TPSA) is 78.9 Å². The molecule has 8 heteroatoms. The Bertz CT molecular complexity index is 790. The summed E-state index contributed by atoms with van der Waals surface area (Å²) in [6.07, 6.45) is 5.64. The standard InChI is InChI=1S/C23H35N5O3/c1-22(2,3)14-19(29)27-9-4-6-23(20(30)26-10-12-31-13-11-26)17-28(16-18(23)15-27)21-24-7-5-8-25-21/h5,7-8,18H,4,6,9-17H2,1-3H3/t18-,23-/m1/s1. The summed E-state index contributed by atoms with van der Waals surface area (Å²) in [6.45, 7) is 11.4. The van der Waals surface area contributed by atoms with Crippen LogP contribution in [0.3, 0.4) is 0 Å². The zero-order valence-electron chi connectivity index (χ0n) is 19.0. The molecule has 0 radical (unpaired) electrons. The molecule has 0 aromatic carbocycles. The fourth-order valence-electron chi connectivity index (χ4n) is 5.26. The normalized spacial score (nSPS) is 27.1. The molecule has 3 aliphatic heterocycles. The van der Waals surface area contributed by atoms with Crippen LogP contribution in [0.5, 0.6) is 0 Å². The van der Waals surface area contributed by atoms with Crippen LogP contribution in [0.15, 0.2) is 18.5 Å². The van der Waals surface area contributed by atoms with Crippen molar-refractivity contribution in [2.24, 2.45) is 16.7 Å². The van der Waals surface area contributed by atoms with Crippen molar-refractivity contribution in [3.8, 4) is 0 Å². The van der Waals surface area contributed by atoms with Gasteiger partial charge in [-0.2, -0.15) is 0 Å². The van der Waals surface area contributed by atoms with Gasteiger partial charge in [-0.15, -0.1) is 0 Å². The number of nitrogens with zero attached hydrogens (tertiary/aromatic N) is 5. The van der Waals surface area contributed by atoms with Crippen LogP contribution in [-0.2, 0) is 14.3 Å². The number of amides is 2. The smallest absolute Gasteiger partial charge is 0.231 e. The van der Waals surface area contributed by atoms with Crippen molar-refractivity contribution < 1.29 is 14.3 Å². The predicted octanol–water partition coefficient (Wildman–Crippen LogP) is 1.82. The Balaban J connectivity index is 1.61. The number of morpholine rings is 1. The summed E-state index contributed by atoms with van der Waals surface area (Å²) in [5.41, 5.74) is -0.559. The third kappa shape index (κ3) is 4.68. The largest absolute Gasteiger partial charge is 0.378 e. The molecule has 0 saturated carbocycles. The van der Waals surface area contributed by atoms with Gasteiger partial charge in [-0.05, 0) is 24.3 Å². The number of carbonyl (C=O) groups excluding carboxylic acids is 2. The molecule has 170 valence electrons. The maximum Gasteiger partial charge on any atom is 0.231 e. The summed E-state index contributed by atoms with van der Waals surface area (Å²) >= 11 is 0. The van der Waals surface area contributed by atoms with Gasteiger partial charge in [0, 0.05) is 64.0 Å². The average molecular weight is 430 g/mol. The van der Waals surface area contributed by atoms with E-state index in [4.69, 9.17) is 4.74 Å². The molecule has 4 heterocycles. The predicted molar refractivity (Wildman–Crippen MR) is 117 cm³/mol. The van der Waals surface area contributed by atoms with E-state index in [0.717, 1.165) is 19.4 Å². The summed E-state index contributed by atoms with van der Waals surface area (Å²) in [5.74, 6) is 1.14. The number of rotatable bonds is 3. The van der Waals surface area contributed by atoms with Crippen molar-refractivity contribution in [2.45, 2.75) is 40.0 Å². The lowest BCUT2D eigenvalue weighted by Crippen LogP contribution is -2.53. The fraction of sp³-hybridized carbons (Fsp3) is 0.739. The van der Waals surface area contributed by atoms with E-state index >= 15 is 0 Å². The van der Waals surface area contributed by atoms with E-state index in [1.807, 2.05) is 9.80 Å². The van der Waals surface area contributed by atoms with Crippen molar-refractivity contribution in [3.05, 3.63) is 18.5 Å². The maximum atomic E-state index is 13.9. The Morgan fingerprint density at radius 3 is 2.48 bits per heavy atom. The summed E-state index contributed by atoms with van der Waals surface area (Å²) in [7, 11) is 0. The highest BCUT2D eigenvalue weighted by Gasteiger charge is 2.55. The highest BCUT2D eigenvalue weighted by Crippen LogP contribution is 2.45. The van der Waals surface area contributed by atoms with Gasteiger partial charge in [-0.25, -0.2) is 9.97 Å². The first-order valence-corrected chi connectivity index (χ1v) is 11.5. The number of likely N-dealkylation sites (tertiary alicyclic amines) is 1. The molecule has 3 fully saturated rings. The van der Waals surface area contributed by atoms with E-state index in [2.05, 4.69) is 35.6 Å². The van der Waals surface area contributed by atoms with Crippen LogP contribution in [0.1, 0.15) is 40.0 Å². The molecule has 0 N–H and O–H groups in total. The number of ether oxygens (including phenoxy) is 1. The lowest BCUT2D eigenvalue weighted by Gasteiger charge is -2.38. The van der Waals surface area contributed by atoms with E-state index in [1.54, 1.807) is 18.5 Å². The number of fused-ring (bicyclic) bond motifs is 1. The first-order chi connectivity index (χ1) is 14.8. The van der Waals surface area contributed by atoms with Gasteiger partial charge in [-0.3, -0.25) is 9.59 Å². The fourth-order valence-corrected chi connectivity index (χ4v) is 5.26. The highest BCUT2D eigenvalue weighted by molar-refractivity contribution is 5.85. The number of hydrogen-bond donors (Lipinski definition) is 0. The molecule has 0 bridgehead atoms. The molecule has 8 nitrogen and oxygen atoms in total. The monoisotopic (exact) mass is 429 g/mol. The molecule has 3 saturated heterocycles.